The molecule has 100 valence electrons. The second-order valence-electron chi connectivity index (χ2n) is 4.55. The maximum Gasteiger partial charge on any atom is 0.137 e. The number of anilines is 2. The Labute approximate surface area is 114 Å². The molecule has 0 aliphatic carbocycles. The van der Waals surface area contributed by atoms with Crippen LogP contribution in [0.1, 0.15) is 25.3 Å². The van der Waals surface area contributed by atoms with Crippen molar-refractivity contribution in [2.24, 2.45) is 0 Å². The summed E-state index contributed by atoms with van der Waals surface area (Å²) in [6.07, 6.45) is 4.03. The lowest BCUT2D eigenvalue weighted by Gasteiger charge is -2.23. The van der Waals surface area contributed by atoms with E-state index in [4.69, 9.17) is 0 Å². The number of thioether (sulfide) groups is 1. The molecule has 0 unspecified atom stereocenters. The van der Waals surface area contributed by atoms with E-state index in [1.54, 1.807) is 6.33 Å². The average molecular weight is 266 g/mol. The van der Waals surface area contributed by atoms with Crippen LogP contribution in [0.25, 0.3) is 0 Å². The van der Waals surface area contributed by atoms with Gasteiger partial charge in [0.1, 0.15) is 18.0 Å². The van der Waals surface area contributed by atoms with Crippen molar-refractivity contribution in [1.82, 2.24) is 9.97 Å². The Morgan fingerprint density at radius 1 is 1.33 bits per heavy atom. The summed E-state index contributed by atoms with van der Waals surface area (Å²) >= 11 is 2.04. The van der Waals surface area contributed by atoms with E-state index in [0.717, 1.165) is 37.7 Å². The van der Waals surface area contributed by atoms with E-state index in [-0.39, 0.29) is 0 Å². The minimum atomic E-state index is 0.965. The molecule has 18 heavy (non-hydrogen) atoms. The molecule has 2 heterocycles. The second kappa shape index (κ2) is 6.83. The van der Waals surface area contributed by atoms with Crippen molar-refractivity contribution in [3.8, 4) is 0 Å². The SMILES string of the molecule is CCCNc1ncnc(N2CCCSCC2)c1C. The Kier molecular flexibility index (Phi) is 5.11. The Hall–Kier alpha value is -0.970. The summed E-state index contributed by atoms with van der Waals surface area (Å²) in [5.41, 5.74) is 1.18. The predicted molar refractivity (Wildman–Crippen MR) is 79.7 cm³/mol. The van der Waals surface area contributed by atoms with E-state index in [1.807, 2.05) is 11.8 Å². The van der Waals surface area contributed by atoms with E-state index >= 15 is 0 Å². The molecule has 2 rings (SSSR count). The third-order valence-corrected chi connectivity index (χ3v) is 4.17. The number of nitrogens with one attached hydrogen (secondary N) is 1. The number of hydrogen-bond acceptors (Lipinski definition) is 5. The van der Waals surface area contributed by atoms with Gasteiger partial charge >= 0.3 is 0 Å². The van der Waals surface area contributed by atoms with Crippen LogP contribution < -0.4 is 10.2 Å². The van der Waals surface area contributed by atoms with Crippen LogP contribution in [0.4, 0.5) is 11.6 Å². The first-order valence-corrected chi connectivity index (χ1v) is 7.86. The molecule has 1 aromatic rings. The zero-order valence-electron chi connectivity index (χ0n) is 11.3. The Morgan fingerprint density at radius 3 is 3.06 bits per heavy atom. The van der Waals surface area contributed by atoms with Crippen LogP contribution in [0.3, 0.4) is 0 Å². The van der Waals surface area contributed by atoms with E-state index in [2.05, 4.69) is 34.0 Å². The fraction of sp³-hybridized carbons (Fsp3) is 0.692. The molecular formula is C13H22N4S. The number of aromatic nitrogens is 2. The Balaban J connectivity index is 2.15. The Morgan fingerprint density at radius 2 is 2.22 bits per heavy atom. The molecular weight excluding hydrogens is 244 g/mol. The summed E-state index contributed by atoms with van der Waals surface area (Å²) in [6.45, 7) is 7.45. The lowest BCUT2D eigenvalue weighted by molar-refractivity contribution is 0.793. The lowest BCUT2D eigenvalue weighted by Crippen LogP contribution is -2.27. The quantitative estimate of drug-likeness (QED) is 0.907. The maximum absolute atomic E-state index is 4.48. The van der Waals surface area contributed by atoms with Crippen LogP contribution in [0, 0.1) is 6.92 Å². The molecule has 1 fully saturated rings. The fourth-order valence-corrected chi connectivity index (χ4v) is 3.03. The van der Waals surface area contributed by atoms with Crippen LogP contribution >= 0.6 is 11.8 Å². The van der Waals surface area contributed by atoms with Gasteiger partial charge in [0.2, 0.25) is 0 Å². The molecule has 4 nitrogen and oxygen atoms in total. The molecule has 0 aromatic carbocycles. The summed E-state index contributed by atoms with van der Waals surface area (Å²) < 4.78 is 0. The van der Waals surface area contributed by atoms with Crippen molar-refractivity contribution < 1.29 is 0 Å². The van der Waals surface area contributed by atoms with Crippen molar-refractivity contribution in [3.63, 3.8) is 0 Å². The summed E-state index contributed by atoms with van der Waals surface area (Å²) in [5.74, 6) is 4.55. The minimum absolute atomic E-state index is 0.965. The van der Waals surface area contributed by atoms with Gasteiger partial charge in [-0.2, -0.15) is 11.8 Å². The van der Waals surface area contributed by atoms with Gasteiger partial charge in [-0.1, -0.05) is 6.92 Å². The second-order valence-corrected chi connectivity index (χ2v) is 5.78. The van der Waals surface area contributed by atoms with Crippen molar-refractivity contribution in [2.75, 3.05) is 41.4 Å². The highest BCUT2D eigenvalue weighted by atomic mass is 32.2. The smallest absolute Gasteiger partial charge is 0.137 e. The Bertz CT molecular complexity index is 375. The first-order valence-electron chi connectivity index (χ1n) is 6.71. The largest absolute Gasteiger partial charge is 0.370 e. The molecule has 1 aliphatic rings. The molecule has 5 heteroatoms. The van der Waals surface area contributed by atoms with Crippen molar-refractivity contribution in [3.05, 3.63) is 11.9 Å². The molecule has 0 bridgehead atoms. The standard InChI is InChI=1S/C13H22N4S/c1-3-5-14-12-11(2)13(16-10-15-12)17-6-4-8-18-9-7-17/h10H,3-9H2,1-2H3,(H,14,15,16). The monoisotopic (exact) mass is 266 g/mol. The fourth-order valence-electron chi connectivity index (χ4n) is 2.14. The van der Waals surface area contributed by atoms with Gasteiger partial charge in [-0.15, -0.1) is 0 Å². The molecule has 0 amide bonds. The summed E-state index contributed by atoms with van der Waals surface area (Å²) in [7, 11) is 0. The van der Waals surface area contributed by atoms with E-state index in [9.17, 15) is 0 Å². The molecule has 0 radical (unpaired) electrons. The normalized spacial score (nSPS) is 16.4. The van der Waals surface area contributed by atoms with E-state index in [1.165, 1.54) is 23.5 Å². The van der Waals surface area contributed by atoms with Crippen LogP contribution in [0.2, 0.25) is 0 Å². The molecule has 0 saturated carbocycles. The number of rotatable bonds is 4. The average Bonchev–Trinajstić information content (AvgIpc) is 2.66. The topological polar surface area (TPSA) is 41.1 Å². The third-order valence-electron chi connectivity index (χ3n) is 3.12. The van der Waals surface area contributed by atoms with Gasteiger partial charge in [0.15, 0.2) is 0 Å². The molecule has 1 aliphatic heterocycles. The van der Waals surface area contributed by atoms with Gasteiger partial charge in [0.05, 0.1) is 0 Å². The molecule has 0 atom stereocenters. The van der Waals surface area contributed by atoms with E-state index in [0.29, 0.717) is 0 Å². The zero-order valence-corrected chi connectivity index (χ0v) is 12.1. The van der Waals surface area contributed by atoms with Crippen LogP contribution in [0.15, 0.2) is 6.33 Å². The summed E-state index contributed by atoms with van der Waals surface area (Å²) in [4.78, 5) is 11.2. The van der Waals surface area contributed by atoms with Gasteiger partial charge in [0.25, 0.3) is 0 Å². The molecule has 0 spiro atoms. The van der Waals surface area contributed by atoms with Crippen molar-refractivity contribution >= 4 is 23.4 Å². The van der Waals surface area contributed by atoms with Crippen molar-refractivity contribution in [2.45, 2.75) is 26.7 Å². The molecule has 1 saturated heterocycles. The summed E-state index contributed by atoms with van der Waals surface area (Å²) in [5, 5.41) is 3.37. The highest BCUT2D eigenvalue weighted by Gasteiger charge is 2.15. The third kappa shape index (κ3) is 3.28. The molecule has 1 aromatic heterocycles. The predicted octanol–water partition coefficient (Wildman–Crippen LogP) is 2.55. The first-order chi connectivity index (χ1) is 8.83. The summed E-state index contributed by atoms with van der Waals surface area (Å²) in [6, 6.07) is 0. The number of nitrogens with zero attached hydrogens (tertiary/aromatic N) is 3. The van der Waals surface area contributed by atoms with E-state index < -0.39 is 0 Å². The maximum atomic E-state index is 4.48. The highest BCUT2D eigenvalue weighted by Crippen LogP contribution is 2.24. The number of hydrogen-bond donors (Lipinski definition) is 1. The highest BCUT2D eigenvalue weighted by molar-refractivity contribution is 7.99. The van der Waals surface area contributed by atoms with Gasteiger partial charge in [-0.25, -0.2) is 9.97 Å². The van der Waals surface area contributed by atoms with Gasteiger partial charge < -0.3 is 10.2 Å². The lowest BCUT2D eigenvalue weighted by atomic mass is 10.2. The van der Waals surface area contributed by atoms with Gasteiger partial charge in [-0.3, -0.25) is 0 Å². The molecule has 1 N–H and O–H groups in total. The van der Waals surface area contributed by atoms with Crippen LogP contribution in [-0.2, 0) is 0 Å². The minimum Gasteiger partial charge on any atom is -0.370 e. The van der Waals surface area contributed by atoms with Crippen molar-refractivity contribution in [1.29, 1.82) is 0 Å². The van der Waals surface area contributed by atoms with Crippen LogP contribution in [0.5, 0.6) is 0 Å². The van der Waals surface area contributed by atoms with Crippen LogP contribution in [-0.4, -0.2) is 41.1 Å². The van der Waals surface area contributed by atoms with Gasteiger partial charge in [-0.05, 0) is 25.5 Å². The van der Waals surface area contributed by atoms with Gasteiger partial charge in [0, 0.05) is 31.0 Å². The zero-order chi connectivity index (χ0) is 12.8. The first kappa shape index (κ1) is 13.5.